The van der Waals surface area contributed by atoms with E-state index in [2.05, 4.69) is 4.99 Å². The molecular weight excluding hydrogens is 446 g/mol. The van der Waals surface area contributed by atoms with Gasteiger partial charge in [-0.1, -0.05) is 36.4 Å². The number of amides is 1. The van der Waals surface area contributed by atoms with Gasteiger partial charge >= 0.3 is 0 Å². The topological polar surface area (TPSA) is 93.1 Å². The molecule has 10 heteroatoms. The first-order valence-electron chi connectivity index (χ1n) is 9.53. The van der Waals surface area contributed by atoms with Crippen LogP contribution in [0, 0.1) is 10.1 Å². The van der Waals surface area contributed by atoms with Crippen LogP contribution in [-0.4, -0.2) is 28.3 Å². The van der Waals surface area contributed by atoms with E-state index in [-0.39, 0.29) is 17.3 Å². The van der Waals surface area contributed by atoms with Crippen LogP contribution in [0.2, 0.25) is 0 Å². The second-order valence-corrected chi connectivity index (χ2v) is 8.66. The Hall–Kier alpha value is -3.89. The van der Waals surface area contributed by atoms with E-state index in [1.165, 1.54) is 28.7 Å². The standard InChI is InChI=1S/C22H15N5O3S2/c1-25-16-9-4-2-7-14(16)20(21(25)28)24-26-18(19-11-6-12-31-19)13-32-22(26)23-15-8-3-5-10-17(15)27(29)30/h2-13H,1H3. The van der Waals surface area contributed by atoms with Crippen molar-refractivity contribution in [3.63, 3.8) is 0 Å². The van der Waals surface area contributed by atoms with Gasteiger partial charge in [0.2, 0.25) is 4.80 Å². The van der Waals surface area contributed by atoms with Crippen LogP contribution in [0.3, 0.4) is 0 Å². The van der Waals surface area contributed by atoms with Crippen molar-refractivity contribution in [3.05, 3.63) is 91.9 Å². The molecule has 0 radical (unpaired) electrons. The van der Waals surface area contributed by atoms with E-state index in [9.17, 15) is 14.9 Å². The third-order valence-corrected chi connectivity index (χ3v) is 6.69. The number of nitro groups is 1. The molecule has 1 amide bonds. The lowest BCUT2D eigenvalue weighted by Gasteiger charge is -2.07. The summed E-state index contributed by atoms with van der Waals surface area (Å²) in [5.74, 6) is -0.223. The monoisotopic (exact) mass is 461 g/mol. The summed E-state index contributed by atoms with van der Waals surface area (Å²) < 4.78 is 1.59. The molecule has 3 heterocycles. The Bertz CT molecular complexity index is 1450. The van der Waals surface area contributed by atoms with Crippen molar-refractivity contribution in [2.75, 3.05) is 11.9 Å². The highest BCUT2D eigenvalue weighted by Gasteiger charge is 2.31. The summed E-state index contributed by atoms with van der Waals surface area (Å²) in [7, 11) is 1.71. The molecule has 0 N–H and O–H groups in total. The average Bonchev–Trinajstić information content (AvgIpc) is 3.51. The van der Waals surface area contributed by atoms with Crippen LogP contribution in [0.15, 0.2) is 81.5 Å². The number of hydrogen-bond donors (Lipinski definition) is 0. The van der Waals surface area contributed by atoms with Crippen molar-refractivity contribution in [2.45, 2.75) is 0 Å². The Balaban J connectivity index is 1.76. The molecule has 158 valence electrons. The molecule has 8 nitrogen and oxygen atoms in total. The molecule has 0 aliphatic carbocycles. The van der Waals surface area contributed by atoms with Crippen molar-refractivity contribution in [1.82, 2.24) is 4.68 Å². The molecule has 0 spiro atoms. The third kappa shape index (κ3) is 3.35. The lowest BCUT2D eigenvalue weighted by atomic mass is 10.1. The van der Waals surface area contributed by atoms with Gasteiger partial charge in [-0.2, -0.15) is 5.10 Å². The van der Waals surface area contributed by atoms with Crippen LogP contribution in [-0.2, 0) is 4.79 Å². The van der Waals surface area contributed by atoms with Crippen LogP contribution in [0.1, 0.15) is 5.56 Å². The van der Waals surface area contributed by atoms with Crippen molar-refractivity contribution in [1.29, 1.82) is 0 Å². The fourth-order valence-electron chi connectivity index (χ4n) is 3.43. The molecule has 0 saturated heterocycles. The Morgan fingerprint density at radius 3 is 2.56 bits per heavy atom. The van der Waals surface area contributed by atoms with E-state index in [1.807, 2.05) is 47.2 Å². The van der Waals surface area contributed by atoms with Gasteiger partial charge in [0.25, 0.3) is 11.6 Å². The number of benzene rings is 2. The highest BCUT2D eigenvalue weighted by atomic mass is 32.1. The summed E-state index contributed by atoms with van der Waals surface area (Å²) in [5.41, 5.74) is 2.69. The number of hydrogen-bond acceptors (Lipinski definition) is 7. The van der Waals surface area contributed by atoms with Crippen LogP contribution in [0.4, 0.5) is 17.1 Å². The number of nitrogens with zero attached hydrogens (tertiary/aromatic N) is 5. The molecule has 4 aromatic rings. The molecular formula is C22H15N5O3S2. The summed E-state index contributed by atoms with van der Waals surface area (Å²) in [6, 6.07) is 17.6. The lowest BCUT2D eigenvalue weighted by molar-refractivity contribution is -0.384. The van der Waals surface area contributed by atoms with E-state index in [4.69, 9.17) is 5.10 Å². The number of para-hydroxylation sites is 3. The first-order chi connectivity index (χ1) is 15.5. The summed E-state index contributed by atoms with van der Waals surface area (Å²) in [4.78, 5) is 31.4. The van der Waals surface area contributed by atoms with E-state index >= 15 is 0 Å². The highest BCUT2D eigenvalue weighted by molar-refractivity contribution is 7.14. The van der Waals surface area contributed by atoms with Crippen molar-refractivity contribution in [2.24, 2.45) is 10.1 Å². The third-order valence-electron chi connectivity index (χ3n) is 4.98. The quantitative estimate of drug-likeness (QED) is 0.327. The number of nitro benzene ring substituents is 1. The SMILES string of the molecule is CN1C(=O)C(=Nn2c(-c3cccs3)csc2=Nc2ccccc2[N+](=O)[O-])c2ccccc21. The number of carbonyl (C=O) groups excluding carboxylic acids is 1. The number of fused-ring (bicyclic) bond motifs is 1. The summed E-state index contributed by atoms with van der Waals surface area (Å²) >= 11 is 2.84. The van der Waals surface area contributed by atoms with Gasteiger partial charge < -0.3 is 4.90 Å². The zero-order chi connectivity index (χ0) is 22.2. The minimum absolute atomic E-state index is 0.0974. The molecule has 2 aromatic heterocycles. The van der Waals surface area contributed by atoms with Gasteiger partial charge in [-0.3, -0.25) is 14.9 Å². The maximum Gasteiger partial charge on any atom is 0.294 e. The van der Waals surface area contributed by atoms with Crippen LogP contribution >= 0.6 is 22.7 Å². The van der Waals surface area contributed by atoms with Crippen LogP contribution in [0.5, 0.6) is 0 Å². The molecule has 0 unspecified atom stereocenters. The van der Waals surface area contributed by atoms with Gasteiger partial charge in [0.1, 0.15) is 5.69 Å². The zero-order valence-corrected chi connectivity index (χ0v) is 18.3. The highest BCUT2D eigenvalue weighted by Crippen LogP contribution is 2.30. The first kappa shape index (κ1) is 20.0. The minimum atomic E-state index is -0.464. The van der Waals surface area contributed by atoms with Gasteiger partial charge in [0.15, 0.2) is 5.71 Å². The van der Waals surface area contributed by atoms with Crippen molar-refractivity contribution < 1.29 is 9.72 Å². The van der Waals surface area contributed by atoms with Gasteiger partial charge in [0.05, 0.1) is 21.2 Å². The van der Waals surface area contributed by atoms with Gasteiger partial charge in [0, 0.05) is 24.1 Å². The van der Waals surface area contributed by atoms with Crippen molar-refractivity contribution >= 4 is 51.4 Å². The number of anilines is 1. The zero-order valence-electron chi connectivity index (χ0n) is 16.7. The van der Waals surface area contributed by atoms with Crippen molar-refractivity contribution in [3.8, 4) is 10.6 Å². The average molecular weight is 462 g/mol. The van der Waals surface area contributed by atoms with Crippen LogP contribution < -0.4 is 9.70 Å². The Morgan fingerprint density at radius 1 is 1.00 bits per heavy atom. The Labute approximate surface area is 190 Å². The predicted molar refractivity (Wildman–Crippen MR) is 126 cm³/mol. The smallest absolute Gasteiger partial charge is 0.294 e. The Morgan fingerprint density at radius 2 is 1.78 bits per heavy atom. The van der Waals surface area contributed by atoms with Crippen LogP contribution in [0.25, 0.3) is 10.6 Å². The predicted octanol–water partition coefficient (Wildman–Crippen LogP) is 4.65. The molecule has 2 aromatic carbocycles. The number of likely N-dealkylation sites (N-methyl/N-ethyl adjacent to an activating group) is 1. The molecule has 0 atom stereocenters. The van der Waals surface area contributed by atoms with Gasteiger partial charge in [-0.05, 0) is 23.6 Å². The van der Waals surface area contributed by atoms with E-state index in [1.54, 1.807) is 34.8 Å². The summed E-state index contributed by atoms with van der Waals surface area (Å²) in [5, 5.41) is 20.0. The molecule has 1 aliphatic rings. The van der Waals surface area contributed by atoms with E-state index in [0.717, 1.165) is 21.8 Å². The second kappa shape index (κ2) is 7.98. The molecule has 32 heavy (non-hydrogen) atoms. The van der Waals surface area contributed by atoms with E-state index < -0.39 is 4.92 Å². The van der Waals surface area contributed by atoms with Gasteiger partial charge in [-0.25, -0.2) is 9.67 Å². The Kier molecular flexibility index (Phi) is 5.00. The molecule has 0 saturated carbocycles. The minimum Gasteiger partial charge on any atom is -0.309 e. The molecule has 1 aliphatic heterocycles. The number of aromatic nitrogens is 1. The fourth-order valence-corrected chi connectivity index (χ4v) is 5.07. The number of thiophene rings is 1. The lowest BCUT2D eigenvalue weighted by Crippen LogP contribution is -2.27. The van der Waals surface area contributed by atoms with Gasteiger partial charge in [-0.15, -0.1) is 22.7 Å². The maximum absolute atomic E-state index is 13.0. The molecule has 5 rings (SSSR count). The number of rotatable bonds is 4. The summed E-state index contributed by atoms with van der Waals surface area (Å²) in [6.07, 6.45) is 0. The maximum atomic E-state index is 13.0. The molecule has 0 bridgehead atoms. The summed E-state index contributed by atoms with van der Waals surface area (Å²) in [6.45, 7) is 0. The first-order valence-corrected chi connectivity index (χ1v) is 11.3. The normalized spacial score (nSPS) is 14.9. The second-order valence-electron chi connectivity index (χ2n) is 6.88. The fraction of sp³-hybridized carbons (Fsp3) is 0.0455. The number of thiazole rings is 1. The number of carbonyl (C=O) groups is 1. The van der Waals surface area contributed by atoms with E-state index in [0.29, 0.717) is 10.5 Å². The largest absolute Gasteiger partial charge is 0.309 e. The molecule has 0 fully saturated rings.